The fourth-order valence-corrected chi connectivity index (χ4v) is 22.1. The van der Waals surface area contributed by atoms with Crippen LogP contribution in [0.3, 0.4) is 0 Å². The number of halogens is 2. The number of hydrogen-bond donors (Lipinski definition) is 0. The summed E-state index contributed by atoms with van der Waals surface area (Å²) in [7, 11) is 0. The van der Waals surface area contributed by atoms with Crippen LogP contribution >= 0.6 is 45.3 Å². The van der Waals surface area contributed by atoms with Crippen LogP contribution in [0.15, 0.2) is 24.3 Å². The van der Waals surface area contributed by atoms with Crippen molar-refractivity contribution in [3.63, 3.8) is 0 Å². The van der Waals surface area contributed by atoms with Gasteiger partial charge in [0, 0.05) is 0 Å². The van der Waals surface area contributed by atoms with Gasteiger partial charge < -0.3 is 0 Å². The normalized spacial score (nSPS) is 14.1. The van der Waals surface area contributed by atoms with Crippen LogP contribution in [-0.4, -0.2) is 36.8 Å². The molecule has 4 heterocycles. The first kappa shape index (κ1) is 38.2. The molecule has 0 nitrogen and oxygen atoms in total. The molecular weight excluding hydrogens is 872 g/mol. The molecule has 2 atom stereocenters. The average Bonchev–Trinajstić information content (AvgIpc) is 3.79. The summed E-state index contributed by atoms with van der Waals surface area (Å²) < 4.78 is 37.3. The van der Waals surface area contributed by atoms with Crippen LogP contribution in [0.4, 0.5) is 8.78 Å². The summed E-state index contributed by atoms with van der Waals surface area (Å²) in [6.45, 7) is 8.96. The van der Waals surface area contributed by atoms with Gasteiger partial charge in [-0.1, -0.05) is 6.92 Å². The van der Waals surface area contributed by atoms with E-state index in [0.717, 1.165) is 58.0 Å². The van der Waals surface area contributed by atoms with E-state index in [1.165, 1.54) is 56.3 Å². The number of thiophene rings is 4. The van der Waals surface area contributed by atoms with Gasteiger partial charge in [-0.05, 0) is 0 Å². The molecule has 5 rings (SSSR count). The first-order valence-corrected chi connectivity index (χ1v) is 41.1. The third-order valence-electron chi connectivity index (χ3n) is 9.71. The van der Waals surface area contributed by atoms with Crippen LogP contribution in [0, 0.1) is 23.5 Å². The van der Waals surface area contributed by atoms with Gasteiger partial charge in [0.1, 0.15) is 0 Å². The molecule has 47 heavy (non-hydrogen) atoms. The topological polar surface area (TPSA) is 0 Å². The van der Waals surface area contributed by atoms with Gasteiger partial charge in [0.15, 0.2) is 0 Å². The summed E-state index contributed by atoms with van der Waals surface area (Å²) in [6, 6.07) is 8.63. The van der Waals surface area contributed by atoms with Crippen molar-refractivity contribution in [1.82, 2.24) is 0 Å². The summed E-state index contributed by atoms with van der Waals surface area (Å²) in [5.74, 6) is 0.967. The number of hydrogen-bond acceptors (Lipinski definition) is 4. The molecule has 0 aliphatic rings. The van der Waals surface area contributed by atoms with Crippen molar-refractivity contribution in [2.45, 2.75) is 115 Å². The Kier molecular flexibility index (Phi) is 12.8. The number of benzene rings is 1. The van der Waals surface area contributed by atoms with E-state index in [1.54, 1.807) is 22.7 Å². The Morgan fingerprint density at radius 2 is 1.00 bits per heavy atom. The molecule has 0 spiro atoms. The van der Waals surface area contributed by atoms with Crippen molar-refractivity contribution >= 4 is 108 Å². The van der Waals surface area contributed by atoms with E-state index in [4.69, 9.17) is 0 Å². The number of rotatable bonds is 15. The molecule has 2 unspecified atom stereocenters. The van der Waals surface area contributed by atoms with Gasteiger partial charge in [0.2, 0.25) is 0 Å². The molecule has 0 fully saturated rings. The first-order valence-electron chi connectivity index (χ1n) is 17.8. The average molecular weight is 927 g/mol. The van der Waals surface area contributed by atoms with Gasteiger partial charge in [-0.3, -0.25) is 0 Å². The molecule has 0 amide bonds. The van der Waals surface area contributed by atoms with Gasteiger partial charge in [-0.15, -0.1) is 0 Å². The summed E-state index contributed by atoms with van der Waals surface area (Å²) >= 11 is 2.30. The molecule has 1 aromatic carbocycles. The summed E-state index contributed by atoms with van der Waals surface area (Å²) in [5.41, 5.74) is 2.46. The predicted octanol–water partition coefficient (Wildman–Crippen LogP) is 14.1. The summed E-state index contributed by atoms with van der Waals surface area (Å²) in [5, 5.41) is 2.52. The van der Waals surface area contributed by atoms with E-state index in [9.17, 15) is 0 Å². The molecule has 0 bridgehead atoms. The van der Waals surface area contributed by atoms with E-state index < -0.39 is 36.8 Å². The Balaban J connectivity index is 1.79. The van der Waals surface area contributed by atoms with Gasteiger partial charge in [0.05, 0.1) is 0 Å². The van der Waals surface area contributed by atoms with E-state index in [-0.39, 0.29) is 11.6 Å². The minimum atomic E-state index is -2.49. The fourth-order valence-electron chi connectivity index (χ4n) is 6.66. The van der Waals surface area contributed by atoms with Gasteiger partial charge in [0.25, 0.3) is 0 Å². The Bertz CT molecular complexity index is 1760. The Labute approximate surface area is 307 Å². The van der Waals surface area contributed by atoms with E-state index in [1.807, 2.05) is 34.8 Å². The predicted molar refractivity (Wildman–Crippen MR) is 219 cm³/mol. The second-order valence-corrected chi connectivity index (χ2v) is 50.8. The van der Waals surface area contributed by atoms with Crippen LogP contribution in [-0.2, 0) is 12.8 Å². The van der Waals surface area contributed by atoms with Gasteiger partial charge >= 0.3 is 303 Å². The molecule has 256 valence electrons. The minimum absolute atomic E-state index is 0.0370. The molecule has 0 N–H and O–H groups in total. The first-order chi connectivity index (χ1) is 22.2. The Morgan fingerprint density at radius 3 is 1.36 bits per heavy atom. The molecule has 0 radical (unpaired) electrons. The van der Waals surface area contributed by atoms with Crippen LogP contribution in [0.2, 0.25) is 29.6 Å². The number of unbranched alkanes of at least 4 members (excludes halogenated alkanes) is 1. The van der Waals surface area contributed by atoms with Crippen molar-refractivity contribution in [3.8, 4) is 20.9 Å². The zero-order valence-electron chi connectivity index (χ0n) is 30.2. The molecule has 4 aromatic heterocycles. The van der Waals surface area contributed by atoms with Crippen molar-refractivity contribution < 1.29 is 8.78 Å². The maximum absolute atomic E-state index is 15.9. The maximum atomic E-state index is 15.9. The van der Waals surface area contributed by atoms with Gasteiger partial charge in [-0.2, -0.15) is 0 Å². The summed E-state index contributed by atoms with van der Waals surface area (Å²) in [4.78, 5) is 18.9. The number of fused-ring (bicyclic) bond motifs is 2. The molecule has 8 heteroatoms. The van der Waals surface area contributed by atoms with E-state index >= 15 is 8.78 Å². The van der Waals surface area contributed by atoms with E-state index in [0.29, 0.717) is 11.8 Å². The van der Waals surface area contributed by atoms with Crippen LogP contribution in [0.5, 0.6) is 0 Å². The standard InChI is InChI=1S/C33H36F2S4.6CH3.2Sn/c1-5-9-11-21(8-4)17-27-25(35)19-29(39-27)31-23-13-15-36-32(23)30(22-12-14-37-33(22)31)28-18-24(34)26(38-28)16-20(7-3)10-6-2;;;;;;;;/h12-13,18-21H,5-11,16-17H2,1-4H3;6*1H3;;. The van der Waals surface area contributed by atoms with E-state index in [2.05, 4.69) is 69.5 Å². The molecule has 0 saturated carbocycles. The molecule has 0 saturated heterocycles. The molecular formula is C39H54F2S4Sn2. The molecule has 5 aromatic rings. The fraction of sp³-hybridized carbons (Fsp3) is 0.538. The van der Waals surface area contributed by atoms with Crippen LogP contribution < -0.4 is 5.79 Å². The zero-order chi connectivity index (χ0) is 34.3. The van der Waals surface area contributed by atoms with Crippen molar-refractivity contribution in [2.24, 2.45) is 11.8 Å². The van der Waals surface area contributed by atoms with Crippen molar-refractivity contribution in [3.05, 3.63) is 45.7 Å². The Hall–Kier alpha value is -0.00260. The molecule has 0 aliphatic heterocycles. The second kappa shape index (κ2) is 15.7. The van der Waals surface area contributed by atoms with Crippen LogP contribution in [0.1, 0.15) is 82.4 Å². The molecule has 0 aliphatic carbocycles. The monoisotopic (exact) mass is 928 g/mol. The zero-order valence-corrected chi connectivity index (χ0v) is 39.2. The van der Waals surface area contributed by atoms with Gasteiger partial charge in [-0.25, -0.2) is 0 Å². The SMILES string of the molecule is CCCCC(CC)Cc1sc(-c2c3c[c]([Sn]([CH3])([CH3])[CH3])sc3c(-c3cc(F)c(CC(CC)CCC)s3)c3c[c]([Sn]([CH3])([CH3])[CH3])sc23)cc1F. The van der Waals surface area contributed by atoms with Crippen molar-refractivity contribution in [1.29, 1.82) is 0 Å². The third kappa shape index (κ3) is 8.39. The summed E-state index contributed by atoms with van der Waals surface area (Å²) in [6.07, 6.45) is 9.65. The Morgan fingerprint density at radius 1 is 0.574 bits per heavy atom. The second-order valence-electron chi connectivity index (χ2n) is 15.6. The van der Waals surface area contributed by atoms with Crippen LogP contribution in [0.25, 0.3) is 41.1 Å². The quantitative estimate of drug-likeness (QED) is 0.0918. The van der Waals surface area contributed by atoms with Crippen molar-refractivity contribution in [2.75, 3.05) is 0 Å². The third-order valence-corrected chi connectivity index (χ3v) is 33.2.